The summed E-state index contributed by atoms with van der Waals surface area (Å²) in [6, 6.07) is 8.11. The van der Waals surface area contributed by atoms with Crippen LogP contribution in [0.4, 0.5) is 0 Å². The number of ether oxygens (including phenoxy) is 1. The summed E-state index contributed by atoms with van der Waals surface area (Å²) in [7, 11) is 0. The van der Waals surface area contributed by atoms with Crippen molar-refractivity contribution in [1.82, 2.24) is 29.5 Å². The van der Waals surface area contributed by atoms with E-state index in [0.717, 1.165) is 67.8 Å². The van der Waals surface area contributed by atoms with Gasteiger partial charge in [0.05, 0.1) is 23.1 Å². The Kier molecular flexibility index (Phi) is 5.73. The first-order chi connectivity index (χ1) is 13.8. The zero-order valence-corrected chi connectivity index (χ0v) is 16.6. The Labute approximate surface area is 165 Å². The number of rotatable bonds is 7. The number of para-hydroxylation sites is 1. The van der Waals surface area contributed by atoms with E-state index in [4.69, 9.17) is 4.74 Å². The van der Waals surface area contributed by atoms with Gasteiger partial charge in [0.15, 0.2) is 0 Å². The Morgan fingerprint density at radius 1 is 1.11 bits per heavy atom. The molecule has 3 aromatic rings. The van der Waals surface area contributed by atoms with E-state index in [1.807, 2.05) is 48.3 Å². The lowest BCUT2D eigenvalue weighted by atomic mass is 10.2. The van der Waals surface area contributed by atoms with Gasteiger partial charge >= 0.3 is 0 Å². The lowest BCUT2D eigenvalue weighted by molar-refractivity contribution is 0.121. The molecule has 1 aliphatic heterocycles. The van der Waals surface area contributed by atoms with Crippen LogP contribution < -0.4 is 4.74 Å². The third-order valence-electron chi connectivity index (χ3n) is 5.41. The van der Waals surface area contributed by atoms with E-state index < -0.39 is 0 Å². The minimum absolute atomic E-state index is 0.675. The molecule has 1 aliphatic rings. The van der Waals surface area contributed by atoms with Crippen molar-refractivity contribution in [2.24, 2.45) is 0 Å². The minimum Gasteiger partial charge on any atom is -0.491 e. The standard InChI is InChI=1S/C21H28N6O/c1-3-25-10-12-26(13-11-25)14-15-28-20-7-5-4-6-18(20)21-22-8-9-27(21)19-16-23-24-17(19)2/h4-9,16H,3,10-15H2,1-2H3,(H,23,24). The number of aryl methyl sites for hydroxylation is 1. The SMILES string of the molecule is CCN1CCN(CCOc2ccccc2-c2nccn2-c2cn[nH]c2C)CC1. The number of hydrogen-bond donors (Lipinski definition) is 1. The molecule has 3 heterocycles. The number of hydrogen-bond acceptors (Lipinski definition) is 5. The van der Waals surface area contributed by atoms with Crippen molar-refractivity contribution in [3.8, 4) is 22.8 Å². The van der Waals surface area contributed by atoms with Crippen molar-refractivity contribution in [2.75, 3.05) is 45.9 Å². The molecule has 0 unspecified atom stereocenters. The number of nitrogens with one attached hydrogen (secondary N) is 1. The van der Waals surface area contributed by atoms with Crippen LogP contribution in [0.2, 0.25) is 0 Å². The van der Waals surface area contributed by atoms with E-state index >= 15 is 0 Å². The summed E-state index contributed by atoms with van der Waals surface area (Å²) in [4.78, 5) is 9.55. The van der Waals surface area contributed by atoms with Crippen LogP contribution >= 0.6 is 0 Å². The number of aromatic amines is 1. The normalized spacial score (nSPS) is 15.8. The number of aromatic nitrogens is 4. The van der Waals surface area contributed by atoms with Crippen LogP contribution in [0.15, 0.2) is 42.9 Å². The summed E-state index contributed by atoms with van der Waals surface area (Å²) in [5, 5.41) is 7.12. The highest BCUT2D eigenvalue weighted by atomic mass is 16.5. The van der Waals surface area contributed by atoms with E-state index in [2.05, 4.69) is 38.0 Å². The van der Waals surface area contributed by atoms with E-state index in [1.165, 1.54) is 0 Å². The molecule has 4 rings (SSSR count). The first kappa shape index (κ1) is 18.7. The first-order valence-corrected chi connectivity index (χ1v) is 9.97. The van der Waals surface area contributed by atoms with Crippen LogP contribution in [0.3, 0.4) is 0 Å². The van der Waals surface area contributed by atoms with E-state index in [9.17, 15) is 0 Å². The predicted molar refractivity (Wildman–Crippen MR) is 110 cm³/mol. The number of benzene rings is 1. The quantitative estimate of drug-likeness (QED) is 0.683. The molecule has 7 heteroatoms. The molecule has 1 aromatic carbocycles. The van der Waals surface area contributed by atoms with Gasteiger partial charge in [-0.1, -0.05) is 19.1 Å². The molecule has 1 fully saturated rings. The zero-order valence-electron chi connectivity index (χ0n) is 16.6. The molecule has 28 heavy (non-hydrogen) atoms. The molecular formula is C21H28N6O. The minimum atomic E-state index is 0.675. The van der Waals surface area contributed by atoms with Crippen molar-refractivity contribution in [3.63, 3.8) is 0 Å². The number of nitrogens with zero attached hydrogens (tertiary/aromatic N) is 5. The second kappa shape index (κ2) is 8.58. The number of likely N-dealkylation sites (N-methyl/N-ethyl adjacent to an activating group) is 1. The van der Waals surface area contributed by atoms with Gasteiger partial charge in [-0.2, -0.15) is 5.10 Å². The second-order valence-electron chi connectivity index (χ2n) is 7.12. The zero-order chi connectivity index (χ0) is 19.3. The third-order valence-corrected chi connectivity index (χ3v) is 5.41. The predicted octanol–water partition coefficient (Wildman–Crippen LogP) is 2.59. The van der Waals surface area contributed by atoms with Gasteiger partial charge in [0.25, 0.3) is 0 Å². The van der Waals surface area contributed by atoms with Gasteiger partial charge in [0.1, 0.15) is 18.2 Å². The maximum absolute atomic E-state index is 6.19. The number of H-pyrrole nitrogens is 1. The Balaban J connectivity index is 1.45. The summed E-state index contributed by atoms with van der Waals surface area (Å²) in [5.41, 5.74) is 2.99. The molecule has 2 aromatic heterocycles. The Bertz CT molecular complexity index is 894. The van der Waals surface area contributed by atoms with Gasteiger partial charge in [-0.15, -0.1) is 0 Å². The Hall–Kier alpha value is -2.64. The molecule has 0 radical (unpaired) electrons. The topological polar surface area (TPSA) is 62.2 Å². The maximum Gasteiger partial charge on any atom is 0.148 e. The van der Waals surface area contributed by atoms with Crippen molar-refractivity contribution >= 4 is 0 Å². The lowest BCUT2D eigenvalue weighted by Gasteiger charge is -2.33. The third kappa shape index (κ3) is 3.95. The molecule has 148 valence electrons. The molecule has 0 bridgehead atoms. The summed E-state index contributed by atoms with van der Waals surface area (Å²) in [6.07, 6.45) is 5.59. The van der Waals surface area contributed by atoms with Crippen molar-refractivity contribution in [2.45, 2.75) is 13.8 Å². The number of piperazine rings is 1. The van der Waals surface area contributed by atoms with Crippen LogP contribution in [0.25, 0.3) is 17.1 Å². The Morgan fingerprint density at radius 2 is 1.89 bits per heavy atom. The summed E-state index contributed by atoms with van der Waals surface area (Å²) >= 11 is 0. The highest BCUT2D eigenvalue weighted by Gasteiger charge is 2.17. The average molecular weight is 380 g/mol. The van der Waals surface area contributed by atoms with Gasteiger partial charge in [-0.25, -0.2) is 4.98 Å². The Morgan fingerprint density at radius 3 is 2.64 bits per heavy atom. The van der Waals surface area contributed by atoms with Gasteiger partial charge < -0.3 is 9.64 Å². The van der Waals surface area contributed by atoms with Crippen molar-refractivity contribution in [3.05, 3.63) is 48.5 Å². The summed E-state index contributed by atoms with van der Waals surface area (Å²) < 4.78 is 8.23. The average Bonchev–Trinajstić information content (AvgIpc) is 3.37. The van der Waals surface area contributed by atoms with Crippen LogP contribution in [-0.2, 0) is 0 Å². The van der Waals surface area contributed by atoms with Gasteiger partial charge in [0, 0.05) is 45.1 Å². The highest BCUT2D eigenvalue weighted by Crippen LogP contribution is 2.30. The van der Waals surface area contributed by atoms with E-state index in [1.54, 1.807) is 0 Å². The van der Waals surface area contributed by atoms with Gasteiger partial charge in [-0.3, -0.25) is 14.6 Å². The molecule has 0 amide bonds. The first-order valence-electron chi connectivity index (χ1n) is 9.97. The highest BCUT2D eigenvalue weighted by molar-refractivity contribution is 5.66. The molecule has 1 saturated heterocycles. The molecule has 0 aliphatic carbocycles. The fraction of sp³-hybridized carbons (Fsp3) is 0.429. The van der Waals surface area contributed by atoms with E-state index in [0.29, 0.717) is 6.61 Å². The second-order valence-corrected chi connectivity index (χ2v) is 7.12. The van der Waals surface area contributed by atoms with Gasteiger partial charge in [-0.05, 0) is 25.6 Å². The van der Waals surface area contributed by atoms with Crippen molar-refractivity contribution in [1.29, 1.82) is 0 Å². The molecule has 0 atom stereocenters. The monoisotopic (exact) mass is 380 g/mol. The van der Waals surface area contributed by atoms with Crippen LogP contribution in [0.5, 0.6) is 5.75 Å². The fourth-order valence-corrected chi connectivity index (χ4v) is 3.68. The fourth-order valence-electron chi connectivity index (χ4n) is 3.68. The summed E-state index contributed by atoms with van der Waals surface area (Å²) in [5.74, 6) is 1.72. The van der Waals surface area contributed by atoms with Crippen LogP contribution in [0.1, 0.15) is 12.6 Å². The molecule has 0 spiro atoms. The maximum atomic E-state index is 6.19. The van der Waals surface area contributed by atoms with E-state index in [-0.39, 0.29) is 0 Å². The number of imidazole rings is 1. The lowest BCUT2D eigenvalue weighted by Crippen LogP contribution is -2.47. The van der Waals surface area contributed by atoms with Gasteiger partial charge in [0.2, 0.25) is 0 Å². The van der Waals surface area contributed by atoms with Crippen LogP contribution in [-0.4, -0.2) is 75.4 Å². The molecular weight excluding hydrogens is 352 g/mol. The largest absolute Gasteiger partial charge is 0.491 e. The van der Waals surface area contributed by atoms with Crippen molar-refractivity contribution < 1.29 is 4.74 Å². The molecule has 0 saturated carbocycles. The smallest absolute Gasteiger partial charge is 0.148 e. The van der Waals surface area contributed by atoms with Crippen LogP contribution in [0, 0.1) is 6.92 Å². The molecule has 1 N–H and O–H groups in total. The molecule has 7 nitrogen and oxygen atoms in total. The summed E-state index contributed by atoms with van der Waals surface area (Å²) in [6.45, 7) is 11.5.